The highest BCUT2D eigenvalue weighted by Crippen LogP contribution is 2.04. The molecule has 1 aromatic rings. The van der Waals surface area contributed by atoms with Crippen molar-refractivity contribution in [2.24, 2.45) is 0 Å². The SMILES string of the molecule is COC(=O)C/C(=C/C(=O)O)C(=O)NOCc1ccccc1. The number of aliphatic carboxylic acids is 1. The highest BCUT2D eigenvalue weighted by Gasteiger charge is 2.16. The minimum absolute atomic E-state index is 0.116. The van der Waals surface area contributed by atoms with Gasteiger partial charge < -0.3 is 9.84 Å². The molecule has 112 valence electrons. The molecule has 0 saturated heterocycles. The van der Waals surface area contributed by atoms with Gasteiger partial charge in [-0.05, 0) is 5.56 Å². The lowest BCUT2D eigenvalue weighted by Crippen LogP contribution is -2.27. The van der Waals surface area contributed by atoms with Crippen molar-refractivity contribution in [1.82, 2.24) is 5.48 Å². The van der Waals surface area contributed by atoms with E-state index >= 15 is 0 Å². The molecule has 1 amide bonds. The molecule has 0 aromatic heterocycles. The Bertz CT molecular complexity index is 538. The summed E-state index contributed by atoms with van der Waals surface area (Å²) in [6, 6.07) is 9.07. The molecule has 2 N–H and O–H groups in total. The highest BCUT2D eigenvalue weighted by atomic mass is 16.6. The molecule has 0 bridgehead atoms. The molecule has 0 saturated carbocycles. The van der Waals surface area contributed by atoms with Crippen molar-refractivity contribution >= 4 is 17.8 Å². The third kappa shape index (κ3) is 6.35. The van der Waals surface area contributed by atoms with E-state index in [2.05, 4.69) is 10.2 Å². The Labute approximate surface area is 121 Å². The topological polar surface area (TPSA) is 102 Å². The van der Waals surface area contributed by atoms with Crippen molar-refractivity contribution in [3.05, 3.63) is 47.5 Å². The number of amides is 1. The van der Waals surface area contributed by atoms with E-state index in [0.717, 1.165) is 12.7 Å². The van der Waals surface area contributed by atoms with Gasteiger partial charge in [0.05, 0.1) is 20.1 Å². The van der Waals surface area contributed by atoms with E-state index in [-0.39, 0.29) is 12.2 Å². The maximum Gasteiger partial charge on any atom is 0.328 e. The lowest BCUT2D eigenvalue weighted by Gasteiger charge is -2.08. The molecule has 0 heterocycles. The lowest BCUT2D eigenvalue weighted by molar-refractivity contribution is -0.141. The molecular formula is C14H15NO6. The molecule has 0 aliphatic rings. The molecule has 0 radical (unpaired) electrons. The first-order chi connectivity index (χ1) is 10.0. The summed E-state index contributed by atoms with van der Waals surface area (Å²) in [5.41, 5.74) is 2.65. The second-order valence-electron chi connectivity index (χ2n) is 3.97. The fourth-order valence-corrected chi connectivity index (χ4v) is 1.40. The lowest BCUT2D eigenvalue weighted by atomic mass is 10.1. The van der Waals surface area contributed by atoms with Crippen molar-refractivity contribution < 1.29 is 29.1 Å². The Balaban J connectivity index is 2.56. The van der Waals surface area contributed by atoms with Crippen LogP contribution in [0.5, 0.6) is 0 Å². The first-order valence-corrected chi connectivity index (χ1v) is 5.99. The number of carbonyl (C=O) groups is 3. The zero-order valence-electron chi connectivity index (χ0n) is 11.4. The van der Waals surface area contributed by atoms with E-state index in [0.29, 0.717) is 6.08 Å². The van der Waals surface area contributed by atoms with Gasteiger partial charge >= 0.3 is 11.9 Å². The van der Waals surface area contributed by atoms with E-state index in [1.807, 2.05) is 18.2 Å². The fourth-order valence-electron chi connectivity index (χ4n) is 1.40. The normalized spacial score (nSPS) is 10.8. The predicted molar refractivity (Wildman–Crippen MR) is 71.7 cm³/mol. The molecular weight excluding hydrogens is 278 g/mol. The van der Waals surface area contributed by atoms with Crippen molar-refractivity contribution in [1.29, 1.82) is 0 Å². The number of benzene rings is 1. The van der Waals surface area contributed by atoms with Crippen LogP contribution in [-0.4, -0.2) is 30.1 Å². The van der Waals surface area contributed by atoms with Gasteiger partial charge in [0.1, 0.15) is 0 Å². The molecule has 21 heavy (non-hydrogen) atoms. The number of nitrogens with one attached hydrogen (secondary N) is 1. The van der Waals surface area contributed by atoms with Crippen molar-refractivity contribution in [2.45, 2.75) is 13.0 Å². The van der Waals surface area contributed by atoms with Crippen LogP contribution < -0.4 is 5.48 Å². The molecule has 0 aliphatic heterocycles. The van der Waals surface area contributed by atoms with Crippen LogP contribution in [0.2, 0.25) is 0 Å². The Morgan fingerprint density at radius 3 is 2.48 bits per heavy atom. The summed E-state index contributed by atoms with van der Waals surface area (Å²) < 4.78 is 4.39. The molecule has 7 heteroatoms. The summed E-state index contributed by atoms with van der Waals surface area (Å²) in [6.07, 6.45) is 0.182. The summed E-state index contributed by atoms with van der Waals surface area (Å²) in [5, 5.41) is 8.67. The summed E-state index contributed by atoms with van der Waals surface area (Å²) in [4.78, 5) is 38.5. The van der Waals surface area contributed by atoms with Gasteiger partial charge in [0.15, 0.2) is 0 Å². The number of hydrogen-bond donors (Lipinski definition) is 2. The number of esters is 1. The molecule has 0 aliphatic carbocycles. The third-order valence-electron chi connectivity index (χ3n) is 2.40. The van der Waals surface area contributed by atoms with Gasteiger partial charge in [-0.2, -0.15) is 0 Å². The van der Waals surface area contributed by atoms with Crippen LogP contribution in [0.1, 0.15) is 12.0 Å². The molecule has 0 unspecified atom stereocenters. The Hall–Kier alpha value is -2.67. The first-order valence-electron chi connectivity index (χ1n) is 5.99. The van der Waals surface area contributed by atoms with Crippen molar-refractivity contribution in [3.8, 4) is 0 Å². The largest absolute Gasteiger partial charge is 0.478 e. The molecule has 7 nitrogen and oxygen atoms in total. The van der Waals surface area contributed by atoms with Gasteiger partial charge in [0.25, 0.3) is 5.91 Å². The maximum atomic E-state index is 11.7. The number of ether oxygens (including phenoxy) is 1. The minimum atomic E-state index is -1.34. The maximum absolute atomic E-state index is 11.7. The van der Waals surface area contributed by atoms with E-state index < -0.39 is 24.3 Å². The van der Waals surface area contributed by atoms with Crippen molar-refractivity contribution in [3.63, 3.8) is 0 Å². The highest BCUT2D eigenvalue weighted by molar-refractivity contribution is 6.01. The van der Waals surface area contributed by atoms with E-state index in [1.165, 1.54) is 0 Å². The van der Waals surface area contributed by atoms with Crippen LogP contribution in [0.25, 0.3) is 0 Å². The van der Waals surface area contributed by atoms with Crippen LogP contribution in [0, 0.1) is 0 Å². The average Bonchev–Trinajstić information content (AvgIpc) is 2.47. The number of carboxylic acids is 1. The molecule has 1 aromatic carbocycles. The van der Waals surface area contributed by atoms with E-state index in [4.69, 9.17) is 9.94 Å². The number of hydrogen-bond acceptors (Lipinski definition) is 5. The predicted octanol–water partition coefficient (Wildman–Crippen LogP) is 0.808. The van der Waals surface area contributed by atoms with Gasteiger partial charge in [-0.3, -0.25) is 14.4 Å². The number of hydroxylamine groups is 1. The zero-order valence-corrected chi connectivity index (χ0v) is 11.4. The fraction of sp³-hybridized carbons (Fsp3) is 0.214. The summed E-state index contributed by atoms with van der Waals surface area (Å²) in [5.74, 6) is -2.87. The molecule has 0 fully saturated rings. The Morgan fingerprint density at radius 2 is 1.90 bits per heavy atom. The van der Waals surface area contributed by atoms with Gasteiger partial charge in [-0.1, -0.05) is 30.3 Å². The second-order valence-corrected chi connectivity index (χ2v) is 3.97. The summed E-state index contributed by atoms with van der Waals surface area (Å²) in [7, 11) is 1.14. The summed E-state index contributed by atoms with van der Waals surface area (Å²) >= 11 is 0. The number of carboxylic acid groups (broad SMARTS) is 1. The first kappa shape index (κ1) is 16.4. The molecule has 0 spiro atoms. The number of methoxy groups -OCH3 is 1. The van der Waals surface area contributed by atoms with Gasteiger partial charge in [-0.25, -0.2) is 10.3 Å². The van der Waals surface area contributed by atoms with Crippen LogP contribution in [0.4, 0.5) is 0 Å². The number of carbonyl (C=O) groups excluding carboxylic acids is 2. The number of rotatable bonds is 7. The van der Waals surface area contributed by atoms with Gasteiger partial charge in [0, 0.05) is 11.6 Å². The second kappa shape index (κ2) is 8.49. The quantitative estimate of drug-likeness (QED) is 0.438. The smallest absolute Gasteiger partial charge is 0.328 e. The van der Waals surface area contributed by atoms with Crippen LogP contribution in [0.15, 0.2) is 42.0 Å². The zero-order chi connectivity index (χ0) is 15.7. The Morgan fingerprint density at radius 1 is 1.24 bits per heavy atom. The van der Waals surface area contributed by atoms with Gasteiger partial charge in [0.2, 0.25) is 0 Å². The van der Waals surface area contributed by atoms with Gasteiger partial charge in [-0.15, -0.1) is 0 Å². The van der Waals surface area contributed by atoms with Crippen LogP contribution in [0.3, 0.4) is 0 Å². The van der Waals surface area contributed by atoms with Crippen LogP contribution >= 0.6 is 0 Å². The van der Waals surface area contributed by atoms with Crippen molar-refractivity contribution in [2.75, 3.05) is 7.11 Å². The standard InChI is InChI=1S/C14H15NO6/c1-20-13(18)8-11(7-12(16)17)14(19)15-21-9-10-5-3-2-4-6-10/h2-7H,8-9H2,1H3,(H,15,19)(H,16,17)/b11-7-. The third-order valence-corrected chi connectivity index (χ3v) is 2.40. The molecule has 1 rings (SSSR count). The average molecular weight is 293 g/mol. The minimum Gasteiger partial charge on any atom is -0.478 e. The van der Waals surface area contributed by atoms with E-state index in [9.17, 15) is 14.4 Å². The monoisotopic (exact) mass is 293 g/mol. The summed E-state index contributed by atoms with van der Waals surface area (Å²) in [6.45, 7) is 0.116. The van der Waals surface area contributed by atoms with Crippen LogP contribution in [-0.2, 0) is 30.6 Å². The molecule has 0 atom stereocenters. The van der Waals surface area contributed by atoms with E-state index in [1.54, 1.807) is 12.1 Å². The Kier molecular flexibility index (Phi) is 6.62.